The topological polar surface area (TPSA) is 61.4 Å². The van der Waals surface area contributed by atoms with Crippen molar-refractivity contribution in [3.63, 3.8) is 0 Å². The van der Waals surface area contributed by atoms with Crippen molar-refractivity contribution in [3.05, 3.63) is 18.6 Å². The highest BCUT2D eigenvalue weighted by atomic mass is 16.2. The lowest BCUT2D eigenvalue weighted by Gasteiger charge is -2.43. The molecule has 1 aromatic heterocycles. The molecule has 3 fully saturated rings. The minimum atomic E-state index is 0.00293. The van der Waals surface area contributed by atoms with Crippen LogP contribution in [0.3, 0.4) is 0 Å². The van der Waals surface area contributed by atoms with E-state index in [9.17, 15) is 4.79 Å². The molecule has 4 heterocycles. The molecule has 1 N–H and O–H groups in total. The summed E-state index contributed by atoms with van der Waals surface area (Å²) in [7, 11) is 0. The van der Waals surface area contributed by atoms with Crippen molar-refractivity contribution >= 4 is 11.7 Å². The van der Waals surface area contributed by atoms with Gasteiger partial charge < -0.3 is 15.1 Å². The number of aromatic nitrogens is 2. The van der Waals surface area contributed by atoms with E-state index in [1.807, 2.05) is 6.20 Å². The second-order valence-electron chi connectivity index (χ2n) is 7.17. The number of anilines is 1. The van der Waals surface area contributed by atoms with Crippen molar-refractivity contribution in [3.8, 4) is 0 Å². The second kappa shape index (κ2) is 5.74. The van der Waals surface area contributed by atoms with Gasteiger partial charge in [0.1, 0.15) is 5.82 Å². The fraction of sp³-hybridized carbons (Fsp3) is 0.706. The lowest BCUT2D eigenvalue weighted by molar-refractivity contribution is -0.123. The molecule has 1 aromatic rings. The molecule has 0 saturated carbocycles. The third-order valence-electron chi connectivity index (χ3n) is 5.88. The Morgan fingerprint density at radius 1 is 1.30 bits per heavy atom. The molecule has 0 aliphatic carbocycles. The van der Waals surface area contributed by atoms with Gasteiger partial charge in [0.2, 0.25) is 5.91 Å². The number of amides is 1. The first kappa shape index (κ1) is 14.9. The number of rotatable bonds is 3. The Morgan fingerprint density at radius 3 is 2.83 bits per heavy atom. The normalized spacial score (nSPS) is 29.8. The molecule has 4 rings (SSSR count). The molecule has 6 heteroatoms. The second-order valence-corrected chi connectivity index (χ2v) is 7.17. The number of carbonyl (C=O) groups excluding carboxylic acids is 1. The predicted octanol–water partition coefficient (Wildman–Crippen LogP) is 0.903. The van der Waals surface area contributed by atoms with Crippen LogP contribution < -0.4 is 10.2 Å². The zero-order valence-electron chi connectivity index (χ0n) is 13.7. The van der Waals surface area contributed by atoms with Crippen LogP contribution in [0.2, 0.25) is 0 Å². The quantitative estimate of drug-likeness (QED) is 0.898. The minimum Gasteiger partial charge on any atom is -0.355 e. The molecular weight excluding hydrogens is 290 g/mol. The fourth-order valence-electron chi connectivity index (χ4n) is 4.73. The van der Waals surface area contributed by atoms with Crippen LogP contribution in [0.5, 0.6) is 0 Å². The molecular formula is C17H25N5O. The summed E-state index contributed by atoms with van der Waals surface area (Å²) in [6.07, 6.45) is 8.46. The van der Waals surface area contributed by atoms with Crippen molar-refractivity contribution in [2.45, 2.75) is 31.7 Å². The molecule has 3 aliphatic heterocycles. The van der Waals surface area contributed by atoms with Crippen LogP contribution in [0, 0.1) is 11.8 Å². The van der Waals surface area contributed by atoms with E-state index in [0.29, 0.717) is 5.92 Å². The highest BCUT2D eigenvalue weighted by molar-refractivity contribution is 5.83. The van der Waals surface area contributed by atoms with Crippen molar-refractivity contribution in [1.29, 1.82) is 0 Å². The third kappa shape index (κ3) is 2.49. The third-order valence-corrected chi connectivity index (χ3v) is 5.88. The first-order chi connectivity index (χ1) is 11.2. The molecule has 0 aromatic carbocycles. The standard InChI is InChI=1S/C17H25N5O/c1-2-7-21-11-13-14(12-21)17(20-16(13)23)3-8-22(9-4-17)15-10-18-5-6-19-15/h5-6,10,13-14H,2-4,7-9,11-12H2,1H3,(H,20,23)/t13-,14-/m0/s1. The molecule has 1 spiro atoms. The number of nitrogens with one attached hydrogen (secondary N) is 1. The van der Waals surface area contributed by atoms with E-state index in [4.69, 9.17) is 0 Å². The van der Waals surface area contributed by atoms with Crippen LogP contribution in [-0.2, 0) is 4.79 Å². The highest BCUT2D eigenvalue weighted by Crippen LogP contribution is 2.44. The summed E-state index contributed by atoms with van der Waals surface area (Å²) in [4.78, 5) is 25.8. The van der Waals surface area contributed by atoms with Crippen LogP contribution in [0.25, 0.3) is 0 Å². The summed E-state index contributed by atoms with van der Waals surface area (Å²) >= 11 is 0. The lowest BCUT2D eigenvalue weighted by atomic mass is 9.75. The van der Waals surface area contributed by atoms with Gasteiger partial charge in [0, 0.05) is 50.0 Å². The minimum absolute atomic E-state index is 0.00293. The smallest absolute Gasteiger partial charge is 0.225 e. The first-order valence-corrected chi connectivity index (χ1v) is 8.77. The molecule has 2 atom stereocenters. The SMILES string of the molecule is CCCN1C[C@@H]2C(=O)NC3(CCN(c4cnccn4)CC3)[C@H]2C1. The van der Waals surface area contributed by atoms with Gasteiger partial charge in [-0.3, -0.25) is 9.78 Å². The predicted molar refractivity (Wildman–Crippen MR) is 88.1 cm³/mol. The maximum absolute atomic E-state index is 12.5. The summed E-state index contributed by atoms with van der Waals surface area (Å²) in [5, 5.41) is 3.38. The van der Waals surface area contributed by atoms with Crippen LogP contribution in [0.15, 0.2) is 18.6 Å². The Kier molecular flexibility index (Phi) is 3.71. The number of fused-ring (bicyclic) bond motifs is 2. The van der Waals surface area contributed by atoms with E-state index in [0.717, 1.165) is 57.8 Å². The van der Waals surface area contributed by atoms with Gasteiger partial charge in [-0.05, 0) is 25.8 Å². The summed E-state index contributed by atoms with van der Waals surface area (Å²) in [6.45, 7) is 7.22. The summed E-state index contributed by atoms with van der Waals surface area (Å²) < 4.78 is 0. The van der Waals surface area contributed by atoms with Crippen LogP contribution >= 0.6 is 0 Å². The maximum Gasteiger partial charge on any atom is 0.225 e. The summed E-state index contributed by atoms with van der Waals surface area (Å²) in [5.74, 6) is 1.90. The van der Waals surface area contributed by atoms with Gasteiger partial charge >= 0.3 is 0 Å². The number of carbonyl (C=O) groups is 1. The molecule has 3 saturated heterocycles. The largest absolute Gasteiger partial charge is 0.355 e. The van der Waals surface area contributed by atoms with E-state index in [-0.39, 0.29) is 17.4 Å². The van der Waals surface area contributed by atoms with Crippen molar-refractivity contribution in [1.82, 2.24) is 20.2 Å². The van der Waals surface area contributed by atoms with Crippen molar-refractivity contribution in [2.75, 3.05) is 37.6 Å². The van der Waals surface area contributed by atoms with Gasteiger partial charge in [0.15, 0.2) is 0 Å². The van der Waals surface area contributed by atoms with Gasteiger partial charge in [0.05, 0.1) is 12.1 Å². The van der Waals surface area contributed by atoms with E-state index in [1.165, 1.54) is 0 Å². The molecule has 23 heavy (non-hydrogen) atoms. The molecule has 6 nitrogen and oxygen atoms in total. The Hall–Kier alpha value is -1.69. The van der Waals surface area contributed by atoms with Gasteiger partial charge in [-0.25, -0.2) is 4.98 Å². The molecule has 0 radical (unpaired) electrons. The van der Waals surface area contributed by atoms with Crippen LogP contribution in [-0.4, -0.2) is 59.0 Å². The Balaban J connectivity index is 1.47. The summed E-state index contributed by atoms with van der Waals surface area (Å²) in [6, 6.07) is 0. The van der Waals surface area contributed by atoms with E-state index in [2.05, 4.69) is 32.0 Å². The average Bonchev–Trinajstić information content (AvgIpc) is 3.10. The Morgan fingerprint density at radius 2 is 2.13 bits per heavy atom. The number of hydrogen-bond acceptors (Lipinski definition) is 5. The van der Waals surface area contributed by atoms with Crippen LogP contribution in [0.1, 0.15) is 26.2 Å². The first-order valence-electron chi connectivity index (χ1n) is 8.77. The monoisotopic (exact) mass is 315 g/mol. The average molecular weight is 315 g/mol. The van der Waals surface area contributed by atoms with E-state index >= 15 is 0 Å². The van der Waals surface area contributed by atoms with Gasteiger partial charge in [0.25, 0.3) is 0 Å². The Bertz CT molecular complexity index is 570. The van der Waals surface area contributed by atoms with Gasteiger partial charge in [-0.1, -0.05) is 6.92 Å². The summed E-state index contributed by atoms with van der Waals surface area (Å²) in [5.41, 5.74) is 0.00293. The van der Waals surface area contributed by atoms with E-state index in [1.54, 1.807) is 12.4 Å². The van der Waals surface area contributed by atoms with Gasteiger partial charge in [-0.15, -0.1) is 0 Å². The number of nitrogens with zero attached hydrogens (tertiary/aromatic N) is 4. The molecule has 0 unspecified atom stereocenters. The molecule has 0 bridgehead atoms. The lowest BCUT2D eigenvalue weighted by Crippen LogP contribution is -2.55. The molecule has 3 aliphatic rings. The van der Waals surface area contributed by atoms with E-state index < -0.39 is 0 Å². The molecule has 124 valence electrons. The number of hydrogen-bond donors (Lipinski definition) is 1. The van der Waals surface area contributed by atoms with Crippen molar-refractivity contribution in [2.24, 2.45) is 11.8 Å². The number of likely N-dealkylation sites (tertiary alicyclic amines) is 1. The molecule has 1 amide bonds. The van der Waals surface area contributed by atoms with Crippen LogP contribution in [0.4, 0.5) is 5.82 Å². The zero-order chi connectivity index (χ0) is 15.9. The Labute approximate surface area is 137 Å². The van der Waals surface area contributed by atoms with Gasteiger partial charge in [-0.2, -0.15) is 0 Å². The highest BCUT2D eigenvalue weighted by Gasteiger charge is 2.57. The zero-order valence-corrected chi connectivity index (χ0v) is 13.7. The number of piperidine rings is 1. The van der Waals surface area contributed by atoms with Crippen molar-refractivity contribution < 1.29 is 4.79 Å². The fourth-order valence-corrected chi connectivity index (χ4v) is 4.73. The maximum atomic E-state index is 12.5.